The highest BCUT2D eigenvalue weighted by Gasteiger charge is 2.22. The summed E-state index contributed by atoms with van der Waals surface area (Å²) in [4.78, 5) is 11.4. The van der Waals surface area contributed by atoms with Crippen LogP contribution in [0.25, 0.3) is 0 Å². The van der Waals surface area contributed by atoms with Crippen LogP contribution < -0.4 is 16.8 Å². The van der Waals surface area contributed by atoms with Gasteiger partial charge in [0.25, 0.3) is 0 Å². The van der Waals surface area contributed by atoms with Crippen molar-refractivity contribution in [3.05, 3.63) is 0 Å². The molecule has 3 atom stereocenters. The number of ketones is 1. The zero-order valence-corrected chi connectivity index (χ0v) is 11.0. The maximum Gasteiger partial charge on any atom is 0.146 e. The molecule has 0 rings (SSSR count). The zero-order valence-electron chi connectivity index (χ0n) is 11.0. The van der Waals surface area contributed by atoms with E-state index in [4.69, 9.17) is 11.5 Å². The summed E-state index contributed by atoms with van der Waals surface area (Å²) in [5.74, 6) is 0.467. The summed E-state index contributed by atoms with van der Waals surface area (Å²) >= 11 is 0. The smallest absolute Gasteiger partial charge is 0.146 e. The molecule has 0 aromatic carbocycles. The fraction of sp³-hybridized carbons (Fsp3) is 0.917. The van der Waals surface area contributed by atoms with E-state index >= 15 is 0 Å². The third-order valence-corrected chi connectivity index (χ3v) is 2.93. The molecule has 0 amide bonds. The molecule has 96 valence electrons. The molecule has 0 aliphatic rings. The Morgan fingerprint density at radius 3 is 2.25 bits per heavy atom. The van der Waals surface area contributed by atoms with Crippen molar-refractivity contribution in [3.63, 3.8) is 0 Å². The molecule has 0 radical (unpaired) electrons. The molecule has 0 heterocycles. The van der Waals surface area contributed by atoms with Crippen molar-refractivity contribution in [3.8, 4) is 0 Å². The third kappa shape index (κ3) is 5.58. The number of nitrogens with one attached hydrogen (secondary N) is 1. The summed E-state index contributed by atoms with van der Waals surface area (Å²) in [6, 6.07) is 0.103. The molecule has 0 aromatic rings. The van der Waals surface area contributed by atoms with Crippen molar-refractivity contribution >= 4 is 5.78 Å². The van der Waals surface area contributed by atoms with Gasteiger partial charge in [-0.25, -0.2) is 0 Å². The predicted octanol–water partition coefficient (Wildman–Crippen LogP) is 0.644. The summed E-state index contributed by atoms with van der Waals surface area (Å²) in [6.07, 6.45) is 1.83. The number of hydrogen-bond donors (Lipinski definition) is 3. The van der Waals surface area contributed by atoms with Crippen LogP contribution in [0.2, 0.25) is 0 Å². The lowest BCUT2D eigenvalue weighted by atomic mass is 9.97. The maximum atomic E-state index is 11.4. The Balaban J connectivity index is 4.17. The Morgan fingerprint density at radius 1 is 1.31 bits per heavy atom. The fourth-order valence-electron chi connectivity index (χ4n) is 1.79. The lowest BCUT2D eigenvalue weighted by Gasteiger charge is -2.28. The topological polar surface area (TPSA) is 81.1 Å². The molecule has 0 aromatic heterocycles. The van der Waals surface area contributed by atoms with E-state index in [0.717, 1.165) is 12.8 Å². The predicted molar refractivity (Wildman–Crippen MR) is 68.2 cm³/mol. The van der Waals surface area contributed by atoms with E-state index in [9.17, 15) is 4.79 Å². The van der Waals surface area contributed by atoms with E-state index in [0.29, 0.717) is 12.5 Å². The van der Waals surface area contributed by atoms with Crippen molar-refractivity contribution in [2.45, 2.75) is 58.7 Å². The highest BCUT2D eigenvalue weighted by Crippen LogP contribution is 2.07. The zero-order chi connectivity index (χ0) is 12.7. The number of carbonyl (C=O) groups excluding carboxylic acids is 1. The minimum atomic E-state index is -0.0982. The van der Waals surface area contributed by atoms with Crippen LogP contribution in [-0.4, -0.2) is 30.5 Å². The summed E-state index contributed by atoms with van der Waals surface area (Å²) in [5.41, 5.74) is 11.5. The van der Waals surface area contributed by atoms with Crippen molar-refractivity contribution in [1.82, 2.24) is 5.32 Å². The second-order valence-electron chi connectivity index (χ2n) is 4.88. The first-order valence-electron chi connectivity index (χ1n) is 6.12. The van der Waals surface area contributed by atoms with Gasteiger partial charge in [-0.3, -0.25) is 4.79 Å². The first-order valence-corrected chi connectivity index (χ1v) is 6.12. The molecule has 0 aliphatic heterocycles. The second kappa shape index (κ2) is 7.76. The molecule has 0 spiro atoms. The molecule has 0 fully saturated rings. The van der Waals surface area contributed by atoms with Crippen molar-refractivity contribution in [2.24, 2.45) is 17.4 Å². The van der Waals surface area contributed by atoms with E-state index in [2.05, 4.69) is 5.32 Å². The van der Waals surface area contributed by atoms with Gasteiger partial charge in [-0.2, -0.15) is 0 Å². The first kappa shape index (κ1) is 15.6. The van der Waals surface area contributed by atoms with E-state index in [1.54, 1.807) is 6.92 Å². The summed E-state index contributed by atoms with van der Waals surface area (Å²) in [6.45, 7) is 8.39. The average molecular weight is 229 g/mol. The largest absolute Gasteiger partial charge is 0.330 e. The van der Waals surface area contributed by atoms with E-state index in [-0.39, 0.29) is 23.9 Å². The van der Waals surface area contributed by atoms with E-state index < -0.39 is 0 Å². The average Bonchev–Trinajstić information content (AvgIpc) is 2.20. The van der Waals surface area contributed by atoms with Gasteiger partial charge in [0.05, 0.1) is 6.04 Å². The monoisotopic (exact) mass is 229 g/mol. The van der Waals surface area contributed by atoms with Crippen LogP contribution in [0.1, 0.15) is 40.5 Å². The van der Waals surface area contributed by atoms with Crippen LogP contribution in [0.3, 0.4) is 0 Å². The molecule has 16 heavy (non-hydrogen) atoms. The fourth-order valence-corrected chi connectivity index (χ4v) is 1.79. The normalized spacial score (nSPS) is 17.2. The van der Waals surface area contributed by atoms with E-state index in [1.807, 2.05) is 20.8 Å². The lowest BCUT2D eigenvalue weighted by molar-refractivity contribution is -0.120. The number of Topliss-reactive ketones (excluding diaryl/α,β-unsaturated/α-hetero) is 1. The van der Waals surface area contributed by atoms with Crippen LogP contribution in [0.5, 0.6) is 0 Å². The van der Waals surface area contributed by atoms with Gasteiger partial charge in [0, 0.05) is 12.1 Å². The van der Waals surface area contributed by atoms with Crippen LogP contribution >= 0.6 is 0 Å². The lowest BCUT2D eigenvalue weighted by Crippen LogP contribution is -2.51. The number of hydrogen-bond acceptors (Lipinski definition) is 4. The Kier molecular flexibility index (Phi) is 7.55. The van der Waals surface area contributed by atoms with Gasteiger partial charge in [-0.1, -0.05) is 13.8 Å². The van der Waals surface area contributed by atoms with Crippen LogP contribution in [0, 0.1) is 5.92 Å². The van der Waals surface area contributed by atoms with Gasteiger partial charge >= 0.3 is 0 Å². The standard InChI is InChI=1S/C12H27N3O/c1-8(2)12(10(4)16)15-9(3)11(14)6-5-7-13/h8-9,11-12,15H,5-7,13-14H2,1-4H3/t9?,11-,12-/m1/s1. The molecule has 4 nitrogen and oxygen atoms in total. The quantitative estimate of drug-likeness (QED) is 0.570. The number of rotatable bonds is 8. The molecule has 5 N–H and O–H groups in total. The van der Waals surface area contributed by atoms with Gasteiger partial charge in [0.1, 0.15) is 5.78 Å². The minimum absolute atomic E-state index is 0.0594. The maximum absolute atomic E-state index is 11.4. The van der Waals surface area contributed by atoms with Crippen molar-refractivity contribution < 1.29 is 4.79 Å². The Labute approximate surface area is 99.1 Å². The minimum Gasteiger partial charge on any atom is -0.330 e. The summed E-state index contributed by atoms with van der Waals surface area (Å²) in [5, 5.41) is 3.31. The second-order valence-corrected chi connectivity index (χ2v) is 4.88. The summed E-state index contributed by atoms with van der Waals surface area (Å²) < 4.78 is 0. The third-order valence-electron chi connectivity index (χ3n) is 2.93. The Bertz CT molecular complexity index is 206. The number of nitrogens with two attached hydrogens (primary N) is 2. The Morgan fingerprint density at radius 2 is 1.88 bits per heavy atom. The number of carbonyl (C=O) groups is 1. The van der Waals surface area contributed by atoms with Crippen LogP contribution in [0.4, 0.5) is 0 Å². The molecule has 1 unspecified atom stereocenters. The van der Waals surface area contributed by atoms with Gasteiger partial charge in [0.2, 0.25) is 0 Å². The highest BCUT2D eigenvalue weighted by molar-refractivity contribution is 5.81. The van der Waals surface area contributed by atoms with Gasteiger partial charge in [-0.05, 0) is 39.2 Å². The van der Waals surface area contributed by atoms with Gasteiger partial charge in [0.15, 0.2) is 0 Å². The highest BCUT2D eigenvalue weighted by atomic mass is 16.1. The molecule has 0 aliphatic carbocycles. The van der Waals surface area contributed by atoms with Crippen molar-refractivity contribution in [2.75, 3.05) is 6.54 Å². The Hall–Kier alpha value is -0.450. The molecule has 0 bridgehead atoms. The van der Waals surface area contributed by atoms with Crippen LogP contribution in [-0.2, 0) is 4.79 Å². The SMILES string of the molecule is CC(=O)[C@H](NC(C)[C@H](N)CCCN)C(C)C. The van der Waals surface area contributed by atoms with E-state index in [1.165, 1.54) is 0 Å². The van der Waals surface area contributed by atoms with Gasteiger partial charge in [-0.15, -0.1) is 0 Å². The molecular formula is C12H27N3O. The molecule has 0 saturated heterocycles. The molecular weight excluding hydrogens is 202 g/mol. The van der Waals surface area contributed by atoms with Crippen molar-refractivity contribution in [1.29, 1.82) is 0 Å². The van der Waals surface area contributed by atoms with Crippen LogP contribution in [0.15, 0.2) is 0 Å². The molecule has 4 heteroatoms. The van der Waals surface area contributed by atoms with Gasteiger partial charge < -0.3 is 16.8 Å². The summed E-state index contributed by atoms with van der Waals surface area (Å²) in [7, 11) is 0. The molecule has 0 saturated carbocycles. The first-order chi connectivity index (χ1) is 7.40.